The van der Waals surface area contributed by atoms with E-state index in [0.717, 1.165) is 44.2 Å². The first kappa shape index (κ1) is 17.9. The highest BCUT2D eigenvalue weighted by molar-refractivity contribution is 7.21. The molecule has 5 rings (SSSR count). The molecule has 1 aliphatic rings. The average Bonchev–Trinajstić information content (AvgIpc) is 3.30. The number of rotatable bonds is 3. The Morgan fingerprint density at radius 1 is 1.28 bits per heavy atom. The van der Waals surface area contributed by atoms with Gasteiger partial charge in [-0.05, 0) is 31.2 Å². The predicted octanol–water partition coefficient (Wildman–Crippen LogP) is 4.26. The van der Waals surface area contributed by atoms with Crippen molar-refractivity contribution >= 4 is 27.5 Å². The number of aromatic nitrogens is 3. The maximum atomic E-state index is 12.9. The van der Waals surface area contributed by atoms with E-state index >= 15 is 0 Å². The minimum absolute atomic E-state index is 0.0433. The van der Waals surface area contributed by atoms with Crippen LogP contribution < -0.4 is 10.1 Å². The lowest BCUT2D eigenvalue weighted by molar-refractivity contribution is 0.0925. The zero-order chi connectivity index (χ0) is 20.0. The van der Waals surface area contributed by atoms with Crippen molar-refractivity contribution in [1.82, 2.24) is 20.1 Å². The molecule has 1 N–H and O–H groups in total. The first-order valence-corrected chi connectivity index (χ1v) is 10.3. The van der Waals surface area contributed by atoms with E-state index < -0.39 is 0 Å². The van der Waals surface area contributed by atoms with Crippen LogP contribution in [0, 0.1) is 6.92 Å². The molecule has 2 aromatic heterocycles. The van der Waals surface area contributed by atoms with Crippen molar-refractivity contribution in [1.29, 1.82) is 0 Å². The second-order valence-corrected chi connectivity index (χ2v) is 8.20. The number of benzene rings is 2. The van der Waals surface area contributed by atoms with Crippen LogP contribution in [0.15, 0.2) is 48.7 Å². The fourth-order valence-corrected chi connectivity index (χ4v) is 4.69. The molecule has 1 atom stereocenters. The van der Waals surface area contributed by atoms with Gasteiger partial charge in [0.1, 0.15) is 10.8 Å². The summed E-state index contributed by atoms with van der Waals surface area (Å²) >= 11 is 1.58. The normalized spacial score (nSPS) is 15.7. The molecule has 0 bridgehead atoms. The van der Waals surface area contributed by atoms with Crippen LogP contribution in [0.1, 0.15) is 34.1 Å². The molecule has 146 valence electrons. The van der Waals surface area contributed by atoms with Crippen molar-refractivity contribution in [2.75, 3.05) is 6.61 Å². The highest BCUT2D eigenvalue weighted by Gasteiger charge is 2.23. The summed E-state index contributed by atoms with van der Waals surface area (Å²) in [5, 5.41) is 8.38. The van der Waals surface area contributed by atoms with Crippen LogP contribution in [0.5, 0.6) is 5.75 Å². The fraction of sp³-hybridized carbons (Fsp3) is 0.227. The standard InChI is InChI=1S/C22H20N4O2S/c1-13-16(12-23-26(13)2)22-25-18-8-7-14(11-20(18)29-22)21(27)24-17-9-10-28-19-6-4-3-5-15(17)19/h3-8,11-12,17H,9-10H2,1-2H3,(H,24,27)/t17-/m0/s1. The van der Waals surface area contributed by atoms with E-state index in [-0.39, 0.29) is 11.9 Å². The van der Waals surface area contributed by atoms with E-state index in [4.69, 9.17) is 9.72 Å². The van der Waals surface area contributed by atoms with Crippen LogP contribution in [-0.2, 0) is 7.05 Å². The maximum Gasteiger partial charge on any atom is 0.251 e. The van der Waals surface area contributed by atoms with Crippen molar-refractivity contribution < 1.29 is 9.53 Å². The lowest BCUT2D eigenvalue weighted by Crippen LogP contribution is -2.32. The zero-order valence-corrected chi connectivity index (χ0v) is 17.0. The van der Waals surface area contributed by atoms with Gasteiger partial charge in [0.25, 0.3) is 5.91 Å². The molecule has 0 fully saturated rings. The summed E-state index contributed by atoms with van der Waals surface area (Å²) in [5.74, 6) is 0.763. The lowest BCUT2D eigenvalue weighted by Gasteiger charge is -2.26. The molecule has 2 aromatic carbocycles. The number of hydrogen-bond acceptors (Lipinski definition) is 5. The van der Waals surface area contributed by atoms with Crippen molar-refractivity contribution in [2.24, 2.45) is 7.05 Å². The Labute approximate surface area is 172 Å². The number of carbonyl (C=O) groups is 1. The Morgan fingerprint density at radius 2 is 2.14 bits per heavy atom. The number of hydrogen-bond donors (Lipinski definition) is 1. The van der Waals surface area contributed by atoms with Crippen LogP contribution in [-0.4, -0.2) is 27.3 Å². The summed E-state index contributed by atoms with van der Waals surface area (Å²) in [4.78, 5) is 17.6. The third kappa shape index (κ3) is 3.17. The van der Waals surface area contributed by atoms with Crippen molar-refractivity contribution in [3.05, 3.63) is 65.5 Å². The van der Waals surface area contributed by atoms with Crippen molar-refractivity contribution in [3.8, 4) is 16.3 Å². The van der Waals surface area contributed by atoms with Gasteiger partial charge in [-0.25, -0.2) is 4.98 Å². The van der Waals surface area contributed by atoms with Crippen LogP contribution in [0.25, 0.3) is 20.8 Å². The maximum absolute atomic E-state index is 12.9. The summed E-state index contributed by atoms with van der Waals surface area (Å²) in [7, 11) is 1.92. The van der Waals surface area contributed by atoms with Crippen LogP contribution in [0.2, 0.25) is 0 Å². The zero-order valence-electron chi connectivity index (χ0n) is 16.2. The molecule has 7 heteroatoms. The summed E-state index contributed by atoms with van der Waals surface area (Å²) < 4.78 is 8.52. The molecule has 29 heavy (non-hydrogen) atoms. The highest BCUT2D eigenvalue weighted by atomic mass is 32.1. The number of para-hydroxylation sites is 1. The number of ether oxygens (including phenoxy) is 1. The molecule has 0 spiro atoms. The average molecular weight is 404 g/mol. The van der Waals surface area contributed by atoms with Gasteiger partial charge in [-0.3, -0.25) is 9.48 Å². The topological polar surface area (TPSA) is 69.0 Å². The summed E-state index contributed by atoms with van der Waals surface area (Å²) in [6, 6.07) is 13.5. The highest BCUT2D eigenvalue weighted by Crippen LogP contribution is 2.34. The fourth-order valence-electron chi connectivity index (χ4n) is 3.62. The van der Waals surface area contributed by atoms with Crippen molar-refractivity contribution in [3.63, 3.8) is 0 Å². The molecule has 0 unspecified atom stereocenters. The molecule has 0 radical (unpaired) electrons. The second-order valence-electron chi connectivity index (χ2n) is 7.17. The van der Waals surface area contributed by atoms with Crippen LogP contribution >= 0.6 is 11.3 Å². The molecule has 4 aromatic rings. The van der Waals surface area contributed by atoms with Gasteiger partial charge >= 0.3 is 0 Å². The number of carbonyl (C=O) groups excluding carboxylic acids is 1. The van der Waals surface area contributed by atoms with E-state index in [1.165, 1.54) is 0 Å². The number of nitrogens with zero attached hydrogens (tertiary/aromatic N) is 3. The summed E-state index contributed by atoms with van der Waals surface area (Å²) in [5.41, 5.74) is 4.65. The molecule has 1 amide bonds. The molecule has 0 saturated heterocycles. The summed E-state index contributed by atoms with van der Waals surface area (Å²) in [6.45, 7) is 2.63. The van der Waals surface area contributed by atoms with Gasteiger partial charge in [0.2, 0.25) is 0 Å². The minimum Gasteiger partial charge on any atom is -0.493 e. The monoisotopic (exact) mass is 404 g/mol. The largest absolute Gasteiger partial charge is 0.493 e. The molecule has 0 aliphatic carbocycles. The van der Waals surface area contributed by atoms with E-state index in [0.29, 0.717) is 12.2 Å². The van der Waals surface area contributed by atoms with E-state index in [9.17, 15) is 4.79 Å². The van der Waals surface area contributed by atoms with Crippen LogP contribution in [0.3, 0.4) is 0 Å². The molecule has 1 aliphatic heterocycles. The van der Waals surface area contributed by atoms with E-state index in [1.807, 2.05) is 67.3 Å². The first-order chi connectivity index (χ1) is 14.1. The Kier molecular flexibility index (Phi) is 4.32. The summed E-state index contributed by atoms with van der Waals surface area (Å²) in [6.07, 6.45) is 2.60. The van der Waals surface area contributed by atoms with Gasteiger partial charge in [0.15, 0.2) is 0 Å². The van der Waals surface area contributed by atoms with E-state index in [1.54, 1.807) is 11.3 Å². The number of nitrogens with one attached hydrogen (secondary N) is 1. The van der Waals surface area contributed by atoms with Gasteiger partial charge in [0.05, 0.1) is 34.6 Å². The van der Waals surface area contributed by atoms with Gasteiger partial charge in [-0.2, -0.15) is 5.10 Å². The van der Waals surface area contributed by atoms with Gasteiger partial charge in [-0.1, -0.05) is 18.2 Å². The van der Waals surface area contributed by atoms with Gasteiger partial charge in [-0.15, -0.1) is 11.3 Å². The number of aryl methyl sites for hydroxylation is 1. The molecule has 6 nitrogen and oxygen atoms in total. The Morgan fingerprint density at radius 3 is 2.97 bits per heavy atom. The third-order valence-electron chi connectivity index (χ3n) is 5.38. The Hall–Kier alpha value is -3.19. The van der Waals surface area contributed by atoms with Gasteiger partial charge < -0.3 is 10.1 Å². The molecular weight excluding hydrogens is 384 g/mol. The lowest BCUT2D eigenvalue weighted by atomic mass is 10.00. The number of fused-ring (bicyclic) bond motifs is 2. The van der Waals surface area contributed by atoms with Crippen LogP contribution in [0.4, 0.5) is 0 Å². The first-order valence-electron chi connectivity index (χ1n) is 9.52. The third-order valence-corrected chi connectivity index (χ3v) is 6.43. The molecular formula is C22H20N4O2S. The minimum atomic E-state index is -0.0823. The molecule has 0 saturated carbocycles. The quantitative estimate of drug-likeness (QED) is 0.554. The Bertz CT molecular complexity index is 1230. The smallest absolute Gasteiger partial charge is 0.251 e. The SMILES string of the molecule is Cc1c(-c2nc3ccc(C(=O)N[C@H]4CCOc5ccccc54)cc3s2)cnn1C. The number of amides is 1. The number of thiazole rings is 1. The van der Waals surface area contributed by atoms with Gasteiger partial charge in [0, 0.05) is 30.3 Å². The second kappa shape index (κ2) is 7.00. The van der Waals surface area contributed by atoms with Crippen molar-refractivity contribution in [2.45, 2.75) is 19.4 Å². The van der Waals surface area contributed by atoms with E-state index in [2.05, 4.69) is 10.4 Å². The molecule has 3 heterocycles. The predicted molar refractivity (Wildman–Crippen MR) is 113 cm³/mol. The Balaban J connectivity index is 1.42.